The minimum absolute atomic E-state index is 0.768. The van der Waals surface area contributed by atoms with Crippen LogP contribution in [-0.4, -0.2) is 4.57 Å². The first kappa shape index (κ1) is 14.3. The van der Waals surface area contributed by atoms with Crippen LogP contribution in [0.4, 0.5) is 5.69 Å². The smallest absolute Gasteiger partial charge is 0.0686 e. The van der Waals surface area contributed by atoms with Crippen LogP contribution in [0.5, 0.6) is 0 Å². The molecule has 0 saturated carbocycles. The van der Waals surface area contributed by atoms with Crippen LogP contribution in [0.2, 0.25) is 0 Å². The summed E-state index contributed by atoms with van der Waals surface area (Å²) in [6.45, 7) is 0. The van der Waals surface area contributed by atoms with Gasteiger partial charge in [-0.25, -0.2) is 0 Å². The molecule has 0 atom stereocenters. The van der Waals surface area contributed by atoms with Crippen molar-refractivity contribution in [2.24, 2.45) is 0 Å². The van der Waals surface area contributed by atoms with E-state index in [9.17, 15) is 0 Å². The molecule has 2 nitrogen and oxygen atoms in total. The minimum atomic E-state index is 0.768. The maximum atomic E-state index is 6.23. The van der Waals surface area contributed by atoms with Crippen molar-refractivity contribution in [2.45, 2.75) is 0 Å². The molecule has 0 aliphatic heterocycles. The lowest BCUT2D eigenvalue weighted by atomic mass is 10.1. The summed E-state index contributed by atoms with van der Waals surface area (Å²) in [5.41, 5.74) is 12.7. The number of benzene rings is 3. The average molecular weight is 310 g/mol. The number of hydrogen-bond acceptors (Lipinski definition) is 1. The summed E-state index contributed by atoms with van der Waals surface area (Å²) in [5.74, 6) is 0. The predicted octanol–water partition coefficient (Wildman–Crippen LogP) is 5.39. The molecular weight excluding hydrogens is 292 g/mol. The summed E-state index contributed by atoms with van der Waals surface area (Å²) in [6.07, 6.45) is 2.16. The van der Waals surface area contributed by atoms with E-state index in [-0.39, 0.29) is 0 Å². The SMILES string of the molecule is Nc1ccccc1-n1cc(-c2ccccc2)cc1-c1ccccc1. The van der Waals surface area contributed by atoms with Crippen molar-refractivity contribution in [3.05, 3.63) is 97.2 Å². The zero-order valence-corrected chi connectivity index (χ0v) is 13.3. The number of para-hydroxylation sites is 2. The number of hydrogen-bond donors (Lipinski definition) is 1. The summed E-state index contributed by atoms with van der Waals surface area (Å²) in [7, 11) is 0. The number of anilines is 1. The Kier molecular flexibility index (Phi) is 3.64. The molecule has 0 aliphatic rings. The lowest BCUT2D eigenvalue weighted by molar-refractivity contribution is 1.09. The molecule has 0 spiro atoms. The molecule has 0 unspecified atom stereocenters. The van der Waals surface area contributed by atoms with Crippen LogP contribution in [0.1, 0.15) is 0 Å². The summed E-state index contributed by atoms with van der Waals surface area (Å²) in [4.78, 5) is 0. The van der Waals surface area contributed by atoms with Gasteiger partial charge in [-0.05, 0) is 29.3 Å². The first-order valence-electron chi connectivity index (χ1n) is 8.01. The van der Waals surface area contributed by atoms with Gasteiger partial charge in [-0.2, -0.15) is 0 Å². The van der Waals surface area contributed by atoms with Crippen molar-refractivity contribution in [1.29, 1.82) is 0 Å². The van der Waals surface area contributed by atoms with Gasteiger partial charge in [0.1, 0.15) is 0 Å². The zero-order chi connectivity index (χ0) is 16.4. The molecule has 0 amide bonds. The van der Waals surface area contributed by atoms with Crippen LogP contribution in [0, 0.1) is 0 Å². The summed E-state index contributed by atoms with van der Waals surface area (Å²) >= 11 is 0. The van der Waals surface area contributed by atoms with Crippen molar-refractivity contribution in [2.75, 3.05) is 5.73 Å². The third-order valence-corrected chi connectivity index (χ3v) is 4.19. The van der Waals surface area contributed by atoms with Crippen LogP contribution >= 0.6 is 0 Å². The number of nitrogens with zero attached hydrogens (tertiary/aromatic N) is 1. The summed E-state index contributed by atoms with van der Waals surface area (Å²) < 4.78 is 2.17. The van der Waals surface area contributed by atoms with Gasteiger partial charge in [0.25, 0.3) is 0 Å². The maximum absolute atomic E-state index is 6.23. The van der Waals surface area contributed by atoms with Gasteiger partial charge in [0.05, 0.1) is 17.1 Å². The van der Waals surface area contributed by atoms with Gasteiger partial charge in [0.15, 0.2) is 0 Å². The molecule has 0 saturated heterocycles. The largest absolute Gasteiger partial charge is 0.397 e. The van der Waals surface area contributed by atoms with Crippen LogP contribution < -0.4 is 5.73 Å². The molecule has 0 bridgehead atoms. The zero-order valence-electron chi connectivity index (χ0n) is 13.3. The van der Waals surface area contributed by atoms with E-state index in [1.54, 1.807) is 0 Å². The number of nitrogen functional groups attached to an aromatic ring is 1. The Hall–Kier alpha value is -3.26. The fourth-order valence-corrected chi connectivity index (χ4v) is 2.99. The molecule has 0 radical (unpaired) electrons. The lowest BCUT2D eigenvalue weighted by Crippen LogP contribution is -1.99. The maximum Gasteiger partial charge on any atom is 0.0686 e. The van der Waals surface area contributed by atoms with E-state index in [1.807, 2.05) is 30.3 Å². The van der Waals surface area contributed by atoms with Crippen LogP contribution in [0.25, 0.3) is 28.1 Å². The average Bonchev–Trinajstić information content (AvgIpc) is 3.09. The highest BCUT2D eigenvalue weighted by Crippen LogP contribution is 2.32. The van der Waals surface area contributed by atoms with Crippen molar-refractivity contribution in [3.8, 4) is 28.1 Å². The fourth-order valence-electron chi connectivity index (χ4n) is 2.99. The Morgan fingerprint density at radius 3 is 1.83 bits per heavy atom. The van der Waals surface area contributed by atoms with E-state index >= 15 is 0 Å². The van der Waals surface area contributed by atoms with Crippen LogP contribution in [0.15, 0.2) is 97.2 Å². The molecule has 116 valence electrons. The lowest BCUT2D eigenvalue weighted by Gasteiger charge is -2.11. The van der Waals surface area contributed by atoms with E-state index in [1.165, 1.54) is 16.7 Å². The van der Waals surface area contributed by atoms with Crippen molar-refractivity contribution < 1.29 is 0 Å². The van der Waals surface area contributed by atoms with Crippen molar-refractivity contribution >= 4 is 5.69 Å². The second kappa shape index (κ2) is 6.09. The molecule has 2 N–H and O–H groups in total. The standard InChI is InChI=1S/C22H18N2/c23-20-13-7-8-14-21(20)24-16-19(17-9-3-1-4-10-17)15-22(24)18-11-5-2-6-12-18/h1-16H,23H2. The number of nitrogens with two attached hydrogens (primary N) is 1. The monoisotopic (exact) mass is 310 g/mol. The fraction of sp³-hybridized carbons (Fsp3) is 0. The molecule has 4 rings (SSSR count). The molecular formula is C22H18N2. The molecule has 1 heterocycles. The second-order valence-electron chi connectivity index (χ2n) is 5.77. The molecule has 1 aromatic heterocycles. The summed E-state index contributed by atoms with van der Waals surface area (Å²) in [5, 5.41) is 0. The molecule has 0 fully saturated rings. The number of aromatic nitrogens is 1. The van der Waals surface area contributed by atoms with Gasteiger partial charge in [0.2, 0.25) is 0 Å². The normalized spacial score (nSPS) is 10.7. The van der Waals surface area contributed by atoms with Gasteiger partial charge < -0.3 is 10.3 Å². The quantitative estimate of drug-likeness (QED) is 0.505. The van der Waals surface area contributed by atoms with E-state index in [0.29, 0.717) is 0 Å². The van der Waals surface area contributed by atoms with E-state index < -0.39 is 0 Å². The summed E-state index contributed by atoms with van der Waals surface area (Å²) in [6, 6.07) is 31.0. The van der Waals surface area contributed by atoms with Crippen molar-refractivity contribution in [3.63, 3.8) is 0 Å². The molecule has 3 aromatic carbocycles. The van der Waals surface area contributed by atoms with Gasteiger partial charge in [-0.15, -0.1) is 0 Å². The van der Waals surface area contributed by atoms with E-state index in [0.717, 1.165) is 17.1 Å². The second-order valence-corrected chi connectivity index (χ2v) is 5.77. The Labute approximate surface area is 141 Å². The third-order valence-electron chi connectivity index (χ3n) is 4.19. The van der Waals surface area contributed by atoms with Gasteiger partial charge in [-0.3, -0.25) is 0 Å². The first-order valence-corrected chi connectivity index (χ1v) is 8.01. The Bertz CT molecular complexity index is 954. The van der Waals surface area contributed by atoms with E-state index in [4.69, 9.17) is 5.73 Å². The van der Waals surface area contributed by atoms with Crippen molar-refractivity contribution in [1.82, 2.24) is 4.57 Å². The first-order chi connectivity index (χ1) is 11.8. The van der Waals surface area contributed by atoms with Gasteiger partial charge in [0, 0.05) is 11.8 Å². The molecule has 0 aliphatic carbocycles. The molecule has 2 heteroatoms. The Morgan fingerprint density at radius 1 is 0.583 bits per heavy atom. The topological polar surface area (TPSA) is 30.9 Å². The Morgan fingerprint density at radius 2 is 1.17 bits per heavy atom. The number of rotatable bonds is 3. The highest BCUT2D eigenvalue weighted by molar-refractivity contribution is 5.75. The van der Waals surface area contributed by atoms with Gasteiger partial charge in [-0.1, -0.05) is 72.8 Å². The third kappa shape index (κ3) is 2.59. The molecule has 4 aromatic rings. The molecule has 24 heavy (non-hydrogen) atoms. The highest BCUT2D eigenvalue weighted by atomic mass is 15.0. The highest BCUT2D eigenvalue weighted by Gasteiger charge is 2.12. The van der Waals surface area contributed by atoms with Crippen LogP contribution in [-0.2, 0) is 0 Å². The van der Waals surface area contributed by atoms with Gasteiger partial charge >= 0.3 is 0 Å². The van der Waals surface area contributed by atoms with Crippen LogP contribution in [0.3, 0.4) is 0 Å². The Balaban J connectivity index is 1.94. The predicted molar refractivity (Wildman–Crippen MR) is 101 cm³/mol. The van der Waals surface area contributed by atoms with E-state index in [2.05, 4.69) is 71.4 Å². The minimum Gasteiger partial charge on any atom is -0.397 e.